The van der Waals surface area contributed by atoms with E-state index in [-0.39, 0.29) is 30.1 Å². The number of anilines is 1. The van der Waals surface area contributed by atoms with E-state index in [1.54, 1.807) is 0 Å². The molecule has 7 heteroatoms. The minimum Gasteiger partial charge on any atom is -0.356 e. The van der Waals surface area contributed by atoms with Gasteiger partial charge in [0.1, 0.15) is 18.2 Å². The zero-order valence-corrected chi connectivity index (χ0v) is 16.0. The van der Waals surface area contributed by atoms with Crippen LogP contribution in [-0.2, 0) is 22.6 Å². The smallest absolute Gasteiger partial charge is 0.244 e. The van der Waals surface area contributed by atoms with E-state index in [4.69, 9.17) is 0 Å². The minimum absolute atomic E-state index is 0.113. The van der Waals surface area contributed by atoms with Gasteiger partial charge in [-0.3, -0.25) is 9.59 Å². The lowest BCUT2D eigenvalue weighted by Gasteiger charge is -2.10. The number of hydrogen-bond acceptors (Lipinski definition) is 3. The Balaban J connectivity index is 1.43. The summed E-state index contributed by atoms with van der Waals surface area (Å²) in [5, 5.41) is 5.75. The van der Waals surface area contributed by atoms with Gasteiger partial charge < -0.3 is 15.2 Å². The average Bonchev–Trinajstić information content (AvgIpc) is 3.51. The molecule has 6 nitrogen and oxygen atoms in total. The quantitative estimate of drug-likeness (QED) is 0.576. The Hall–Kier alpha value is -3.22. The molecule has 4 rings (SSSR count). The molecule has 1 fully saturated rings. The van der Waals surface area contributed by atoms with Crippen LogP contribution >= 0.6 is 0 Å². The third-order valence-corrected chi connectivity index (χ3v) is 4.99. The van der Waals surface area contributed by atoms with Crippen molar-refractivity contribution in [2.75, 3.05) is 11.9 Å². The first-order valence-corrected chi connectivity index (χ1v) is 9.87. The molecule has 1 aromatic heterocycles. The van der Waals surface area contributed by atoms with Gasteiger partial charge in [0.25, 0.3) is 0 Å². The highest BCUT2D eigenvalue weighted by Crippen LogP contribution is 2.28. The lowest BCUT2D eigenvalue weighted by molar-refractivity contribution is -0.122. The molecule has 0 unspecified atom stereocenters. The van der Waals surface area contributed by atoms with E-state index in [0.29, 0.717) is 18.7 Å². The summed E-state index contributed by atoms with van der Waals surface area (Å²) >= 11 is 0. The van der Waals surface area contributed by atoms with Crippen molar-refractivity contribution in [3.8, 4) is 0 Å². The van der Waals surface area contributed by atoms with Crippen LogP contribution in [0.15, 0.2) is 48.5 Å². The number of halogens is 1. The Kier molecular flexibility index (Phi) is 5.55. The van der Waals surface area contributed by atoms with Crippen LogP contribution in [0.25, 0.3) is 11.0 Å². The predicted molar refractivity (Wildman–Crippen MR) is 109 cm³/mol. The summed E-state index contributed by atoms with van der Waals surface area (Å²) in [4.78, 5) is 29.0. The lowest BCUT2D eigenvalue weighted by Crippen LogP contribution is -2.26. The molecular formula is C22H23FN4O2. The highest BCUT2D eigenvalue weighted by Gasteiger charge is 2.29. The van der Waals surface area contributed by atoms with E-state index in [9.17, 15) is 14.0 Å². The third-order valence-electron chi connectivity index (χ3n) is 4.99. The van der Waals surface area contributed by atoms with E-state index in [0.717, 1.165) is 36.1 Å². The number of aromatic nitrogens is 2. The number of carbonyl (C=O) groups is 2. The molecule has 0 spiro atoms. The molecule has 0 radical (unpaired) electrons. The van der Waals surface area contributed by atoms with Gasteiger partial charge >= 0.3 is 0 Å². The van der Waals surface area contributed by atoms with Gasteiger partial charge in [-0.25, -0.2) is 9.37 Å². The average molecular weight is 394 g/mol. The summed E-state index contributed by atoms with van der Waals surface area (Å²) in [5.41, 5.74) is 2.27. The maximum atomic E-state index is 13.1. The van der Waals surface area contributed by atoms with Crippen molar-refractivity contribution in [2.24, 2.45) is 5.92 Å². The molecule has 1 saturated carbocycles. The topological polar surface area (TPSA) is 76.0 Å². The molecule has 1 heterocycles. The molecule has 2 amide bonds. The van der Waals surface area contributed by atoms with Crippen LogP contribution in [0.3, 0.4) is 0 Å². The molecule has 0 atom stereocenters. The number of para-hydroxylation sites is 2. The SMILES string of the molecule is O=C(Cn1c(CCCNC(=O)C2CC2)nc2ccccc21)Nc1ccc(F)cc1. The highest BCUT2D eigenvalue weighted by atomic mass is 19.1. The van der Waals surface area contributed by atoms with Crippen molar-refractivity contribution in [3.63, 3.8) is 0 Å². The fourth-order valence-corrected chi connectivity index (χ4v) is 3.32. The molecule has 3 aromatic rings. The molecule has 0 aliphatic heterocycles. The van der Waals surface area contributed by atoms with E-state index in [1.807, 2.05) is 28.8 Å². The molecule has 1 aliphatic rings. The molecular weight excluding hydrogens is 371 g/mol. The number of amides is 2. The maximum Gasteiger partial charge on any atom is 0.244 e. The maximum absolute atomic E-state index is 13.1. The normalized spacial score (nSPS) is 13.4. The van der Waals surface area contributed by atoms with Crippen molar-refractivity contribution < 1.29 is 14.0 Å². The molecule has 150 valence electrons. The number of hydrogen-bond donors (Lipinski definition) is 2. The molecule has 2 N–H and O–H groups in total. The zero-order chi connectivity index (χ0) is 20.2. The van der Waals surface area contributed by atoms with Crippen LogP contribution < -0.4 is 10.6 Å². The van der Waals surface area contributed by atoms with Gasteiger partial charge in [-0.2, -0.15) is 0 Å². The van der Waals surface area contributed by atoms with Gasteiger partial charge in [0, 0.05) is 24.6 Å². The number of nitrogens with one attached hydrogen (secondary N) is 2. The van der Waals surface area contributed by atoms with Crippen molar-refractivity contribution in [1.82, 2.24) is 14.9 Å². The van der Waals surface area contributed by atoms with E-state index < -0.39 is 0 Å². The second-order valence-corrected chi connectivity index (χ2v) is 7.33. The van der Waals surface area contributed by atoms with Crippen LogP contribution in [0.5, 0.6) is 0 Å². The zero-order valence-electron chi connectivity index (χ0n) is 16.0. The molecule has 2 aromatic carbocycles. The summed E-state index contributed by atoms with van der Waals surface area (Å²) in [7, 11) is 0. The summed E-state index contributed by atoms with van der Waals surface area (Å²) in [6.07, 6.45) is 3.39. The Morgan fingerprint density at radius 3 is 2.62 bits per heavy atom. The third kappa shape index (κ3) is 4.80. The van der Waals surface area contributed by atoms with Crippen LogP contribution in [-0.4, -0.2) is 27.9 Å². The Bertz CT molecular complexity index is 1020. The van der Waals surface area contributed by atoms with Gasteiger partial charge in [0.15, 0.2) is 0 Å². The van der Waals surface area contributed by atoms with Gasteiger partial charge in [-0.1, -0.05) is 12.1 Å². The highest BCUT2D eigenvalue weighted by molar-refractivity contribution is 5.91. The van der Waals surface area contributed by atoms with Crippen LogP contribution in [0.2, 0.25) is 0 Å². The van der Waals surface area contributed by atoms with Gasteiger partial charge in [0.05, 0.1) is 11.0 Å². The molecule has 0 saturated heterocycles. The monoisotopic (exact) mass is 394 g/mol. The van der Waals surface area contributed by atoms with E-state index >= 15 is 0 Å². The first-order chi connectivity index (χ1) is 14.1. The second kappa shape index (κ2) is 8.43. The fourth-order valence-electron chi connectivity index (χ4n) is 3.32. The lowest BCUT2D eigenvalue weighted by atomic mass is 10.2. The number of nitrogens with zero attached hydrogens (tertiary/aromatic N) is 2. The summed E-state index contributed by atoms with van der Waals surface area (Å²) in [6.45, 7) is 0.710. The van der Waals surface area contributed by atoms with Crippen LogP contribution in [0.4, 0.5) is 10.1 Å². The molecule has 29 heavy (non-hydrogen) atoms. The number of rotatable bonds is 8. The standard InChI is InChI=1S/C22H23FN4O2/c23-16-9-11-17(12-10-16)25-21(28)14-27-19-5-2-1-4-18(19)26-20(27)6-3-13-24-22(29)15-7-8-15/h1-2,4-5,9-12,15H,3,6-8,13-14H2,(H,24,29)(H,25,28). The van der Waals surface area contributed by atoms with Crippen molar-refractivity contribution in [1.29, 1.82) is 0 Å². The van der Waals surface area contributed by atoms with Crippen LogP contribution in [0.1, 0.15) is 25.1 Å². The Labute approximate surface area is 168 Å². The number of fused-ring (bicyclic) bond motifs is 1. The van der Waals surface area contributed by atoms with E-state index in [2.05, 4.69) is 15.6 Å². The van der Waals surface area contributed by atoms with E-state index in [1.165, 1.54) is 24.3 Å². The van der Waals surface area contributed by atoms with Gasteiger partial charge in [-0.15, -0.1) is 0 Å². The molecule has 1 aliphatic carbocycles. The fraction of sp³-hybridized carbons (Fsp3) is 0.318. The predicted octanol–water partition coefficient (Wildman–Crippen LogP) is 3.27. The van der Waals surface area contributed by atoms with Crippen molar-refractivity contribution >= 4 is 28.5 Å². The van der Waals surface area contributed by atoms with Crippen molar-refractivity contribution in [3.05, 3.63) is 60.2 Å². The molecule has 0 bridgehead atoms. The first-order valence-electron chi connectivity index (χ1n) is 9.87. The number of aryl methyl sites for hydroxylation is 1. The van der Waals surface area contributed by atoms with Crippen LogP contribution in [0, 0.1) is 11.7 Å². The number of carbonyl (C=O) groups excluding carboxylic acids is 2. The largest absolute Gasteiger partial charge is 0.356 e. The number of imidazole rings is 1. The Morgan fingerprint density at radius 1 is 1.10 bits per heavy atom. The summed E-state index contributed by atoms with van der Waals surface area (Å²) in [6, 6.07) is 13.4. The number of benzene rings is 2. The minimum atomic E-state index is -0.348. The summed E-state index contributed by atoms with van der Waals surface area (Å²) in [5.74, 6) is 0.593. The summed E-state index contributed by atoms with van der Waals surface area (Å²) < 4.78 is 15.0. The van der Waals surface area contributed by atoms with Gasteiger partial charge in [0.2, 0.25) is 11.8 Å². The Morgan fingerprint density at radius 2 is 1.86 bits per heavy atom. The second-order valence-electron chi connectivity index (χ2n) is 7.33. The van der Waals surface area contributed by atoms with Gasteiger partial charge in [-0.05, 0) is 55.7 Å². The first kappa shape index (κ1) is 19.1. The van der Waals surface area contributed by atoms with Crippen molar-refractivity contribution in [2.45, 2.75) is 32.2 Å².